The summed E-state index contributed by atoms with van der Waals surface area (Å²) in [5.41, 5.74) is 8.58. The van der Waals surface area contributed by atoms with Gasteiger partial charge in [-0.05, 0) is 52.7 Å². The van der Waals surface area contributed by atoms with Crippen molar-refractivity contribution in [2.24, 2.45) is 0 Å². The maximum absolute atomic E-state index is 12.2. The summed E-state index contributed by atoms with van der Waals surface area (Å²) in [6.07, 6.45) is 0. The molecular formula is C14H12Br2N2O. The van der Waals surface area contributed by atoms with Crippen LogP contribution in [-0.4, -0.2) is 5.91 Å². The van der Waals surface area contributed by atoms with E-state index < -0.39 is 0 Å². The maximum atomic E-state index is 12.2. The van der Waals surface area contributed by atoms with E-state index in [2.05, 4.69) is 37.2 Å². The van der Waals surface area contributed by atoms with Gasteiger partial charge < -0.3 is 11.1 Å². The number of carbonyl (C=O) groups is 1. The number of rotatable bonds is 2. The average molecular weight is 384 g/mol. The van der Waals surface area contributed by atoms with Crippen molar-refractivity contribution in [3.8, 4) is 0 Å². The van der Waals surface area contributed by atoms with E-state index in [-0.39, 0.29) is 5.91 Å². The summed E-state index contributed by atoms with van der Waals surface area (Å²) in [6.45, 7) is 1.94. The van der Waals surface area contributed by atoms with E-state index in [1.165, 1.54) is 0 Å². The van der Waals surface area contributed by atoms with Crippen LogP contribution in [0.3, 0.4) is 0 Å². The van der Waals surface area contributed by atoms with E-state index in [1.807, 2.05) is 25.1 Å². The minimum absolute atomic E-state index is 0.194. The van der Waals surface area contributed by atoms with Gasteiger partial charge in [0.1, 0.15) is 0 Å². The van der Waals surface area contributed by atoms with Crippen LogP contribution in [-0.2, 0) is 0 Å². The first kappa shape index (κ1) is 14.1. The predicted molar refractivity (Wildman–Crippen MR) is 85.4 cm³/mol. The molecule has 2 rings (SSSR count). The number of hydrogen-bond acceptors (Lipinski definition) is 2. The van der Waals surface area contributed by atoms with Crippen molar-refractivity contribution in [1.29, 1.82) is 0 Å². The molecule has 0 aliphatic carbocycles. The average Bonchev–Trinajstić information content (AvgIpc) is 2.38. The third-order valence-electron chi connectivity index (χ3n) is 2.79. The first-order valence-electron chi connectivity index (χ1n) is 5.61. The van der Waals surface area contributed by atoms with Crippen LogP contribution in [0, 0.1) is 6.92 Å². The number of nitrogens with one attached hydrogen (secondary N) is 1. The van der Waals surface area contributed by atoms with Gasteiger partial charge in [0.2, 0.25) is 0 Å². The summed E-state index contributed by atoms with van der Waals surface area (Å²) < 4.78 is 1.57. The zero-order valence-corrected chi connectivity index (χ0v) is 13.4. The number of nitrogens with two attached hydrogens (primary N) is 1. The minimum Gasteiger partial charge on any atom is -0.398 e. The van der Waals surface area contributed by atoms with Gasteiger partial charge in [-0.1, -0.05) is 28.1 Å². The highest BCUT2D eigenvalue weighted by Gasteiger charge is 2.13. The lowest BCUT2D eigenvalue weighted by Gasteiger charge is -2.11. The predicted octanol–water partition coefficient (Wildman–Crippen LogP) is 4.35. The van der Waals surface area contributed by atoms with Gasteiger partial charge in [0.15, 0.2) is 0 Å². The molecule has 0 heterocycles. The monoisotopic (exact) mass is 382 g/mol. The summed E-state index contributed by atoms with van der Waals surface area (Å²) >= 11 is 6.77. The molecule has 98 valence electrons. The van der Waals surface area contributed by atoms with E-state index in [1.54, 1.807) is 18.2 Å². The maximum Gasteiger partial charge on any atom is 0.256 e. The lowest BCUT2D eigenvalue weighted by molar-refractivity contribution is 0.102. The molecule has 0 fully saturated rings. The Hall–Kier alpha value is -1.33. The summed E-state index contributed by atoms with van der Waals surface area (Å²) in [6, 6.07) is 10.9. The largest absolute Gasteiger partial charge is 0.398 e. The fourth-order valence-corrected chi connectivity index (χ4v) is 2.47. The fourth-order valence-electron chi connectivity index (χ4n) is 1.66. The van der Waals surface area contributed by atoms with Crippen molar-refractivity contribution in [2.45, 2.75) is 6.92 Å². The van der Waals surface area contributed by atoms with Gasteiger partial charge >= 0.3 is 0 Å². The molecule has 0 spiro atoms. The highest BCUT2D eigenvalue weighted by molar-refractivity contribution is 9.11. The Morgan fingerprint density at radius 2 is 1.84 bits per heavy atom. The summed E-state index contributed by atoms with van der Waals surface area (Å²) in [5, 5.41) is 2.88. The van der Waals surface area contributed by atoms with Crippen LogP contribution in [0.15, 0.2) is 45.3 Å². The molecule has 3 N–H and O–H groups in total. The van der Waals surface area contributed by atoms with E-state index in [9.17, 15) is 4.79 Å². The molecule has 0 saturated heterocycles. The molecule has 0 aliphatic heterocycles. The van der Waals surface area contributed by atoms with Gasteiger partial charge in [0, 0.05) is 15.8 Å². The van der Waals surface area contributed by atoms with Crippen molar-refractivity contribution in [3.05, 3.63) is 56.5 Å². The van der Waals surface area contributed by atoms with E-state index in [4.69, 9.17) is 5.73 Å². The zero-order valence-electron chi connectivity index (χ0n) is 10.2. The smallest absolute Gasteiger partial charge is 0.256 e. The van der Waals surface area contributed by atoms with Crippen LogP contribution < -0.4 is 11.1 Å². The molecule has 0 saturated carbocycles. The summed E-state index contributed by atoms with van der Waals surface area (Å²) in [4.78, 5) is 12.2. The number of benzene rings is 2. The lowest BCUT2D eigenvalue weighted by Crippen LogP contribution is -2.14. The van der Waals surface area contributed by atoms with E-state index >= 15 is 0 Å². The molecule has 2 aromatic carbocycles. The number of nitrogen functional groups attached to an aromatic ring is 1. The van der Waals surface area contributed by atoms with Crippen LogP contribution >= 0.6 is 31.9 Å². The quantitative estimate of drug-likeness (QED) is 0.757. The highest BCUT2D eigenvalue weighted by atomic mass is 79.9. The molecule has 2 aromatic rings. The van der Waals surface area contributed by atoms with E-state index in [0.717, 1.165) is 15.7 Å². The molecule has 0 atom stereocenters. The SMILES string of the molecule is Cc1c(Br)cccc1NC(=O)c1cccc(N)c1Br. The Bertz CT molecular complexity index is 641. The number of anilines is 2. The summed E-state index contributed by atoms with van der Waals surface area (Å²) in [5.74, 6) is -0.194. The molecule has 1 amide bonds. The molecule has 3 nitrogen and oxygen atoms in total. The Morgan fingerprint density at radius 3 is 2.58 bits per heavy atom. The number of carbonyl (C=O) groups excluding carboxylic acids is 1. The van der Waals surface area contributed by atoms with Crippen molar-refractivity contribution >= 4 is 49.1 Å². The van der Waals surface area contributed by atoms with Gasteiger partial charge in [0.25, 0.3) is 5.91 Å². The second-order valence-electron chi connectivity index (χ2n) is 4.08. The van der Waals surface area contributed by atoms with Crippen molar-refractivity contribution in [3.63, 3.8) is 0 Å². The first-order valence-corrected chi connectivity index (χ1v) is 7.19. The molecular weight excluding hydrogens is 372 g/mol. The molecule has 0 bridgehead atoms. The summed E-state index contributed by atoms with van der Waals surface area (Å²) in [7, 11) is 0. The molecule has 0 aromatic heterocycles. The fraction of sp³-hybridized carbons (Fsp3) is 0.0714. The van der Waals surface area contributed by atoms with Crippen LogP contribution in [0.4, 0.5) is 11.4 Å². The Balaban J connectivity index is 2.31. The third kappa shape index (κ3) is 2.98. The number of hydrogen-bond donors (Lipinski definition) is 2. The van der Waals surface area contributed by atoms with Gasteiger partial charge in [-0.25, -0.2) is 0 Å². The molecule has 19 heavy (non-hydrogen) atoms. The van der Waals surface area contributed by atoms with Gasteiger partial charge in [0.05, 0.1) is 10.0 Å². The van der Waals surface area contributed by atoms with Crippen LogP contribution in [0.25, 0.3) is 0 Å². The minimum atomic E-state index is -0.194. The Morgan fingerprint density at radius 1 is 1.16 bits per heavy atom. The van der Waals surface area contributed by atoms with Crippen LogP contribution in [0.2, 0.25) is 0 Å². The van der Waals surface area contributed by atoms with Crippen molar-refractivity contribution in [2.75, 3.05) is 11.1 Å². The first-order chi connectivity index (χ1) is 9.00. The normalized spacial score (nSPS) is 10.3. The number of halogens is 2. The lowest BCUT2D eigenvalue weighted by atomic mass is 10.1. The topological polar surface area (TPSA) is 55.1 Å². The van der Waals surface area contributed by atoms with Gasteiger partial charge in [-0.2, -0.15) is 0 Å². The van der Waals surface area contributed by atoms with Crippen LogP contribution in [0.1, 0.15) is 15.9 Å². The van der Waals surface area contributed by atoms with Crippen LogP contribution in [0.5, 0.6) is 0 Å². The Kier molecular flexibility index (Phi) is 4.27. The second-order valence-corrected chi connectivity index (χ2v) is 5.72. The van der Waals surface area contributed by atoms with E-state index in [0.29, 0.717) is 15.7 Å². The Labute approximate surface area is 128 Å². The number of amides is 1. The third-order valence-corrected chi connectivity index (χ3v) is 4.53. The second kappa shape index (κ2) is 5.75. The van der Waals surface area contributed by atoms with Crippen molar-refractivity contribution < 1.29 is 4.79 Å². The zero-order chi connectivity index (χ0) is 14.0. The molecule has 0 unspecified atom stereocenters. The molecule has 0 radical (unpaired) electrons. The standard InChI is InChI=1S/C14H12Br2N2O/c1-8-10(15)5-3-7-12(8)18-14(19)9-4-2-6-11(17)13(9)16/h2-7H,17H2,1H3,(H,18,19). The highest BCUT2D eigenvalue weighted by Crippen LogP contribution is 2.27. The molecule has 5 heteroatoms. The van der Waals surface area contributed by atoms with Gasteiger partial charge in [-0.3, -0.25) is 4.79 Å². The van der Waals surface area contributed by atoms with Gasteiger partial charge in [-0.15, -0.1) is 0 Å². The van der Waals surface area contributed by atoms with Crippen molar-refractivity contribution in [1.82, 2.24) is 0 Å². The molecule has 0 aliphatic rings.